The molecule has 0 saturated heterocycles. The van der Waals surface area contributed by atoms with E-state index in [-0.39, 0.29) is 5.41 Å². The Morgan fingerprint density at radius 1 is 0.462 bits per heavy atom. The largest absolute Gasteiger partial charge is 0.355 e. The number of benzene rings is 6. The van der Waals surface area contributed by atoms with Crippen LogP contribution < -0.4 is 10.2 Å². The lowest BCUT2D eigenvalue weighted by molar-refractivity contribution is 0.639. The van der Waals surface area contributed by atoms with Crippen molar-refractivity contribution in [2.45, 2.75) is 19.3 Å². The van der Waals surface area contributed by atoms with E-state index in [0.29, 0.717) is 0 Å². The third kappa shape index (κ3) is 4.06. The molecule has 0 spiro atoms. The summed E-state index contributed by atoms with van der Waals surface area (Å²) in [5.41, 5.74) is 10.7. The van der Waals surface area contributed by atoms with E-state index in [1.54, 1.807) is 0 Å². The van der Waals surface area contributed by atoms with E-state index in [1.807, 2.05) is 0 Å². The van der Waals surface area contributed by atoms with E-state index in [0.717, 1.165) is 17.1 Å². The fraction of sp³-hybridized carbons (Fsp3) is 0.0811. The van der Waals surface area contributed by atoms with Crippen molar-refractivity contribution in [3.8, 4) is 11.1 Å². The number of fused-ring (bicyclic) bond motifs is 3. The Morgan fingerprint density at radius 2 is 1.00 bits per heavy atom. The second-order valence-corrected chi connectivity index (χ2v) is 10.8. The molecule has 0 aromatic heterocycles. The molecule has 0 atom stereocenters. The molecule has 0 bridgehead atoms. The molecule has 0 aliphatic carbocycles. The van der Waals surface area contributed by atoms with E-state index in [2.05, 4.69) is 164 Å². The van der Waals surface area contributed by atoms with Crippen LogP contribution in [0.25, 0.3) is 21.9 Å². The number of anilines is 5. The Balaban J connectivity index is 1.33. The van der Waals surface area contributed by atoms with Crippen molar-refractivity contribution in [1.82, 2.24) is 0 Å². The summed E-state index contributed by atoms with van der Waals surface area (Å²) in [6.07, 6.45) is 0. The van der Waals surface area contributed by atoms with E-state index < -0.39 is 0 Å². The van der Waals surface area contributed by atoms with Gasteiger partial charge in [0.15, 0.2) is 0 Å². The molecule has 2 heteroatoms. The van der Waals surface area contributed by atoms with Gasteiger partial charge in [-0.1, -0.05) is 98.8 Å². The van der Waals surface area contributed by atoms with Gasteiger partial charge in [-0.25, -0.2) is 0 Å². The number of rotatable bonds is 4. The van der Waals surface area contributed by atoms with Crippen LogP contribution in [-0.4, -0.2) is 0 Å². The zero-order valence-corrected chi connectivity index (χ0v) is 22.2. The summed E-state index contributed by atoms with van der Waals surface area (Å²) in [6.45, 7) is 4.68. The molecule has 1 aliphatic heterocycles. The van der Waals surface area contributed by atoms with Crippen molar-refractivity contribution in [2.75, 3.05) is 10.2 Å². The summed E-state index contributed by atoms with van der Waals surface area (Å²) in [5, 5.41) is 6.27. The van der Waals surface area contributed by atoms with Gasteiger partial charge in [-0.3, -0.25) is 0 Å². The Labute approximate surface area is 230 Å². The van der Waals surface area contributed by atoms with Crippen molar-refractivity contribution in [1.29, 1.82) is 0 Å². The average molecular weight is 503 g/mol. The van der Waals surface area contributed by atoms with Crippen molar-refractivity contribution >= 4 is 39.2 Å². The van der Waals surface area contributed by atoms with Gasteiger partial charge in [0.05, 0.1) is 0 Å². The number of hydrogen-bond donors (Lipinski definition) is 1. The molecule has 0 radical (unpaired) electrons. The highest BCUT2D eigenvalue weighted by Gasteiger charge is 2.33. The van der Waals surface area contributed by atoms with Crippen LogP contribution in [0.2, 0.25) is 0 Å². The summed E-state index contributed by atoms with van der Waals surface area (Å²) in [5.74, 6) is 0. The van der Waals surface area contributed by atoms with Crippen LogP contribution in [0, 0.1) is 0 Å². The summed E-state index contributed by atoms with van der Waals surface area (Å²) < 4.78 is 0. The van der Waals surface area contributed by atoms with Crippen molar-refractivity contribution in [3.63, 3.8) is 0 Å². The molecular formula is C37H30N2. The van der Waals surface area contributed by atoms with Crippen LogP contribution >= 0.6 is 0 Å². The first kappa shape index (κ1) is 23.3. The maximum atomic E-state index is 3.74. The molecule has 0 unspecified atom stereocenters. The van der Waals surface area contributed by atoms with Gasteiger partial charge in [0.25, 0.3) is 0 Å². The van der Waals surface area contributed by atoms with Crippen LogP contribution in [0.3, 0.4) is 0 Å². The quantitative estimate of drug-likeness (QED) is 0.258. The molecule has 6 aromatic carbocycles. The van der Waals surface area contributed by atoms with Crippen LogP contribution in [-0.2, 0) is 5.41 Å². The van der Waals surface area contributed by atoms with Crippen LogP contribution in [0.5, 0.6) is 0 Å². The first-order chi connectivity index (χ1) is 19.1. The summed E-state index contributed by atoms with van der Waals surface area (Å²) in [7, 11) is 0. The second-order valence-electron chi connectivity index (χ2n) is 10.8. The average Bonchev–Trinajstić information content (AvgIpc) is 2.98. The van der Waals surface area contributed by atoms with E-state index in [1.165, 1.54) is 44.4 Å². The topological polar surface area (TPSA) is 15.3 Å². The van der Waals surface area contributed by atoms with Crippen molar-refractivity contribution < 1.29 is 0 Å². The highest BCUT2D eigenvalue weighted by Crippen LogP contribution is 2.48. The third-order valence-electron chi connectivity index (χ3n) is 8.01. The maximum Gasteiger partial charge on any atom is 0.0466 e. The molecule has 0 amide bonds. The predicted molar refractivity (Wildman–Crippen MR) is 166 cm³/mol. The molecule has 1 N–H and O–H groups in total. The lowest BCUT2D eigenvalue weighted by Crippen LogP contribution is -2.26. The van der Waals surface area contributed by atoms with Crippen molar-refractivity contribution in [3.05, 3.63) is 151 Å². The minimum atomic E-state index is -0.157. The van der Waals surface area contributed by atoms with Crippen LogP contribution in [0.1, 0.15) is 25.0 Å². The Bertz CT molecular complexity index is 1790. The first-order valence-corrected chi connectivity index (χ1v) is 13.5. The highest BCUT2D eigenvalue weighted by atomic mass is 15.1. The third-order valence-corrected chi connectivity index (χ3v) is 8.01. The van der Waals surface area contributed by atoms with Gasteiger partial charge < -0.3 is 10.2 Å². The first-order valence-electron chi connectivity index (χ1n) is 13.5. The monoisotopic (exact) mass is 502 g/mol. The van der Waals surface area contributed by atoms with Crippen molar-refractivity contribution in [2.24, 2.45) is 0 Å². The van der Waals surface area contributed by atoms with Gasteiger partial charge in [0.2, 0.25) is 0 Å². The molecule has 188 valence electrons. The SMILES string of the molecule is CC1(C)c2cc(N(c3ccccc3)c3ccc(-c4ccccc4)cc3)ccc2Nc2cc3ccccc3cc21. The van der Waals surface area contributed by atoms with Gasteiger partial charge in [-0.2, -0.15) is 0 Å². The Morgan fingerprint density at radius 3 is 1.72 bits per heavy atom. The lowest BCUT2D eigenvalue weighted by Gasteiger charge is -2.37. The van der Waals surface area contributed by atoms with Gasteiger partial charge in [0.1, 0.15) is 0 Å². The van der Waals surface area contributed by atoms with Gasteiger partial charge in [0, 0.05) is 33.9 Å². The van der Waals surface area contributed by atoms with Crippen LogP contribution in [0.4, 0.5) is 28.4 Å². The number of hydrogen-bond acceptors (Lipinski definition) is 2. The maximum absolute atomic E-state index is 3.74. The molecule has 0 saturated carbocycles. The predicted octanol–water partition coefficient (Wildman–Crippen LogP) is 10.4. The molecule has 2 nitrogen and oxygen atoms in total. The Hall–Kier alpha value is -4.82. The fourth-order valence-electron chi connectivity index (χ4n) is 5.91. The van der Waals surface area contributed by atoms with E-state index in [9.17, 15) is 0 Å². The fourth-order valence-corrected chi connectivity index (χ4v) is 5.91. The van der Waals surface area contributed by atoms with Crippen LogP contribution in [0.15, 0.2) is 140 Å². The van der Waals surface area contributed by atoms with E-state index >= 15 is 0 Å². The molecule has 7 rings (SSSR count). The smallest absolute Gasteiger partial charge is 0.0466 e. The lowest BCUT2D eigenvalue weighted by atomic mass is 9.73. The van der Waals surface area contributed by atoms with E-state index in [4.69, 9.17) is 0 Å². The van der Waals surface area contributed by atoms with Gasteiger partial charge >= 0.3 is 0 Å². The Kier molecular flexibility index (Phi) is 5.49. The summed E-state index contributed by atoms with van der Waals surface area (Å²) >= 11 is 0. The summed E-state index contributed by atoms with van der Waals surface area (Å²) in [6, 6.07) is 50.1. The molecular weight excluding hydrogens is 472 g/mol. The minimum Gasteiger partial charge on any atom is -0.355 e. The standard InChI is InChI=1S/C37H30N2/c1-37(2)33-23-28-13-9-10-14-29(28)24-36(33)38-35-22-21-32(25-34(35)37)39(30-15-7-4-8-16-30)31-19-17-27(18-20-31)26-11-5-3-6-12-26/h3-25,38H,1-2H3. The molecule has 39 heavy (non-hydrogen) atoms. The summed E-state index contributed by atoms with van der Waals surface area (Å²) in [4.78, 5) is 2.35. The van der Waals surface area contributed by atoms with Gasteiger partial charge in [-0.05, 0) is 87.6 Å². The minimum absolute atomic E-state index is 0.157. The van der Waals surface area contributed by atoms with Gasteiger partial charge in [-0.15, -0.1) is 0 Å². The molecule has 1 heterocycles. The number of nitrogens with one attached hydrogen (secondary N) is 1. The normalized spacial score (nSPS) is 13.3. The second kappa shape index (κ2) is 9.18. The zero-order valence-electron chi connectivity index (χ0n) is 22.2. The number of nitrogens with zero attached hydrogens (tertiary/aromatic N) is 1. The molecule has 0 fully saturated rings. The highest BCUT2D eigenvalue weighted by molar-refractivity contribution is 5.92. The molecule has 6 aromatic rings. The molecule has 1 aliphatic rings. The number of para-hydroxylation sites is 1. The zero-order chi connectivity index (χ0) is 26.4.